The van der Waals surface area contributed by atoms with Gasteiger partial charge in [0.25, 0.3) is 5.92 Å². The highest BCUT2D eigenvalue weighted by Crippen LogP contribution is 2.34. The van der Waals surface area contributed by atoms with Crippen LogP contribution in [0, 0.1) is 0 Å². The van der Waals surface area contributed by atoms with E-state index < -0.39 is 5.92 Å². The van der Waals surface area contributed by atoms with Gasteiger partial charge in [-0.05, 0) is 55.0 Å². The molecule has 0 amide bonds. The van der Waals surface area contributed by atoms with Crippen LogP contribution in [0.4, 0.5) is 8.78 Å². The third-order valence-electron chi connectivity index (χ3n) is 2.12. The second-order valence-electron chi connectivity index (χ2n) is 4.05. The Morgan fingerprint density at radius 1 is 1.41 bits per heavy atom. The van der Waals surface area contributed by atoms with Crippen LogP contribution < -0.4 is 10.1 Å². The molecule has 0 aliphatic carbocycles. The van der Waals surface area contributed by atoms with Crippen molar-refractivity contribution >= 4 is 15.9 Å². The lowest BCUT2D eigenvalue weighted by molar-refractivity contribution is -0.00136. The first-order valence-electron chi connectivity index (χ1n) is 5.36. The van der Waals surface area contributed by atoms with Gasteiger partial charge in [-0.1, -0.05) is 0 Å². The van der Waals surface area contributed by atoms with Crippen LogP contribution in [0.25, 0.3) is 0 Å². The van der Waals surface area contributed by atoms with E-state index in [1.165, 1.54) is 19.2 Å². The van der Waals surface area contributed by atoms with E-state index in [9.17, 15) is 8.78 Å². The summed E-state index contributed by atoms with van der Waals surface area (Å²) < 4.78 is 33.2. The molecule has 0 heterocycles. The standard InChI is InChI=1S/C12H16BrF2NO/c1-8(2)17-11-5-4-9(6-10(11)13)12(14,15)7-16-3/h4-6,8,16H,7H2,1-3H3. The maximum Gasteiger partial charge on any atom is 0.285 e. The number of hydrogen-bond acceptors (Lipinski definition) is 2. The Balaban J connectivity index is 2.95. The molecule has 0 unspecified atom stereocenters. The molecule has 2 nitrogen and oxygen atoms in total. The molecule has 0 aromatic heterocycles. The molecule has 0 fully saturated rings. The fourth-order valence-corrected chi connectivity index (χ4v) is 1.87. The van der Waals surface area contributed by atoms with Gasteiger partial charge in [-0.3, -0.25) is 0 Å². The van der Waals surface area contributed by atoms with Crippen molar-refractivity contribution in [2.75, 3.05) is 13.6 Å². The molecule has 1 N–H and O–H groups in total. The minimum Gasteiger partial charge on any atom is -0.490 e. The topological polar surface area (TPSA) is 21.3 Å². The van der Waals surface area contributed by atoms with Gasteiger partial charge in [0.05, 0.1) is 17.1 Å². The zero-order valence-electron chi connectivity index (χ0n) is 10.1. The van der Waals surface area contributed by atoms with Crippen LogP contribution >= 0.6 is 15.9 Å². The molecule has 0 aliphatic heterocycles. The molecule has 0 saturated carbocycles. The van der Waals surface area contributed by atoms with Crippen LogP contribution in [0.2, 0.25) is 0 Å². The maximum atomic E-state index is 13.6. The molecule has 0 saturated heterocycles. The Kier molecular flexibility index (Phi) is 4.89. The van der Waals surface area contributed by atoms with Gasteiger partial charge in [-0.15, -0.1) is 0 Å². The maximum absolute atomic E-state index is 13.6. The summed E-state index contributed by atoms with van der Waals surface area (Å²) in [6, 6.07) is 4.35. The molecule has 1 rings (SSSR count). The third-order valence-corrected chi connectivity index (χ3v) is 2.74. The average molecular weight is 308 g/mol. The van der Waals surface area contributed by atoms with Crippen molar-refractivity contribution in [3.8, 4) is 5.75 Å². The van der Waals surface area contributed by atoms with Crippen LogP contribution in [-0.2, 0) is 5.92 Å². The smallest absolute Gasteiger partial charge is 0.285 e. The van der Waals surface area contributed by atoms with Gasteiger partial charge in [0.15, 0.2) is 0 Å². The Morgan fingerprint density at radius 3 is 2.53 bits per heavy atom. The van der Waals surface area contributed by atoms with Crippen LogP contribution in [0.3, 0.4) is 0 Å². The summed E-state index contributed by atoms with van der Waals surface area (Å²) in [7, 11) is 1.50. The van der Waals surface area contributed by atoms with Gasteiger partial charge in [0.2, 0.25) is 0 Å². The number of halogens is 3. The van der Waals surface area contributed by atoms with Crippen molar-refractivity contribution < 1.29 is 13.5 Å². The quantitative estimate of drug-likeness (QED) is 0.898. The van der Waals surface area contributed by atoms with Crippen LogP contribution in [0.15, 0.2) is 22.7 Å². The molecule has 0 atom stereocenters. The Morgan fingerprint density at radius 2 is 2.06 bits per heavy atom. The minimum absolute atomic E-state index is 0.00923. The van der Waals surface area contributed by atoms with Gasteiger partial charge >= 0.3 is 0 Å². The summed E-state index contributed by atoms with van der Waals surface area (Å²) in [5.74, 6) is -2.31. The summed E-state index contributed by atoms with van der Waals surface area (Å²) in [4.78, 5) is 0. The van der Waals surface area contributed by atoms with Crippen molar-refractivity contribution in [1.29, 1.82) is 0 Å². The molecule has 1 aromatic carbocycles. The Hall–Kier alpha value is -0.680. The lowest BCUT2D eigenvalue weighted by atomic mass is 10.1. The first-order valence-corrected chi connectivity index (χ1v) is 6.15. The summed E-state index contributed by atoms with van der Waals surface area (Å²) >= 11 is 3.24. The summed E-state index contributed by atoms with van der Waals surface area (Å²) in [5, 5.41) is 2.48. The highest BCUT2D eigenvalue weighted by atomic mass is 79.9. The van der Waals surface area contributed by atoms with Crippen molar-refractivity contribution in [2.45, 2.75) is 25.9 Å². The predicted octanol–water partition coefficient (Wildman–Crippen LogP) is 3.55. The lowest BCUT2D eigenvalue weighted by Crippen LogP contribution is -2.28. The Bertz CT molecular complexity index is 383. The van der Waals surface area contributed by atoms with Crippen LogP contribution in [0.1, 0.15) is 19.4 Å². The van der Waals surface area contributed by atoms with Crippen molar-refractivity contribution in [3.05, 3.63) is 28.2 Å². The number of likely N-dealkylation sites (N-methyl/N-ethyl adjacent to an activating group) is 1. The normalized spacial score (nSPS) is 11.9. The average Bonchev–Trinajstić information content (AvgIpc) is 2.20. The highest BCUT2D eigenvalue weighted by Gasteiger charge is 2.31. The van der Waals surface area contributed by atoms with Crippen LogP contribution in [0.5, 0.6) is 5.75 Å². The van der Waals surface area contributed by atoms with E-state index in [4.69, 9.17) is 4.74 Å². The van der Waals surface area contributed by atoms with Crippen molar-refractivity contribution in [1.82, 2.24) is 5.32 Å². The number of hydrogen-bond donors (Lipinski definition) is 1. The number of alkyl halides is 2. The summed E-state index contributed by atoms with van der Waals surface area (Å²) in [5.41, 5.74) is -0.0326. The fraction of sp³-hybridized carbons (Fsp3) is 0.500. The third kappa shape index (κ3) is 3.92. The number of rotatable bonds is 5. The van der Waals surface area contributed by atoms with Gasteiger partial charge < -0.3 is 10.1 Å². The summed E-state index contributed by atoms with van der Waals surface area (Å²) in [6.45, 7) is 3.38. The van der Waals surface area contributed by atoms with Crippen LogP contribution in [-0.4, -0.2) is 19.7 Å². The van der Waals surface area contributed by atoms with E-state index in [0.717, 1.165) is 0 Å². The second kappa shape index (κ2) is 5.78. The number of nitrogens with one attached hydrogen (secondary N) is 1. The minimum atomic E-state index is -2.88. The van der Waals surface area contributed by atoms with Gasteiger partial charge in [-0.25, -0.2) is 0 Å². The van der Waals surface area contributed by atoms with E-state index >= 15 is 0 Å². The SMILES string of the molecule is CNCC(F)(F)c1ccc(OC(C)C)c(Br)c1. The molecule has 0 radical (unpaired) electrons. The first kappa shape index (κ1) is 14.4. The van der Waals surface area contributed by atoms with Gasteiger partial charge in [0.1, 0.15) is 5.75 Å². The fourth-order valence-electron chi connectivity index (χ4n) is 1.40. The predicted molar refractivity (Wildman–Crippen MR) is 67.7 cm³/mol. The summed E-state index contributed by atoms with van der Waals surface area (Å²) in [6.07, 6.45) is 0.00923. The molecule has 0 aliphatic rings. The lowest BCUT2D eigenvalue weighted by Gasteiger charge is -2.18. The van der Waals surface area contributed by atoms with E-state index in [0.29, 0.717) is 10.2 Å². The molecule has 0 spiro atoms. The highest BCUT2D eigenvalue weighted by molar-refractivity contribution is 9.10. The van der Waals surface area contributed by atoms with Gasteiger partial charge in [-0.2, -0.15) is 8.78 Å². The van der Waals surface area contributed by atoms with E-state index in [1.807, 2.05) is 13.8 Å². The van der Waals surface area contributed by atoms with Crippen molar-refractivity contribution in [3.63, 3.8) is 0 Å². The van der Waals surface area contributed by atoms with E-state index in [1.54, 1.807) is 6.07 Å². The number of benzene rings is 1. The van der Waals surface area contributed by atoms with E-state index in [-0.39, 0.29) is 18.2 Å². The molecule has 0 bridgehead atoms. The second-order valence-corrected chi connectivity index (χ2v) is 4.90. The molecule has 1 aromatic rings. The molecular weight excluding hydrogens is 292 g/mol. The zero-order valence-corrected chi connectivity index (χ0v) is 11.6. The van der Waals surface area contributed by atoms with E-state index in [2.05, 4.69) is 21.2 Å². The zero-order chi connectivity index (χ0) is 13.1. The molecule has 17 heavy (non-hydrogen) atoms. The number of ether oxygens (including phenoxy) is 1. The molecular formula is C12H16BrF2NO. The molecule has 5 heteroatoms. The molecule has 96 valence electrons. The first-order chi connectivity index (χ1) is 7.86. The largest absolute Gasteiger partial charge is 0.490 e. The van der Waals surface area contributed by atoms with Crippen molar-refractivity contribution in [2.24, 2.45) is 0 Å². The Labute approximate surface area is 108 Å². The van der Waals surface area contributed by atoms with Gasteiger partial charge in [0, 0.05) is 5.56 Å². The monoisotopic (exact) mass is 307 g/mol.